The van der Waals surface area contributed by atoms with E-state index in [1.54, 1.807) is 20.8 Å². The van der Waals surface area contributed by atoms with Gasteiger partial charge in [-0.15, -0.1) is 0 Å². The molecule has 0 radical (unpaired) electrons. The normalized spacial score (nSPS) is 11.0. The summed E-state index contributed by atoms with van der Waals surface area (Å²) in [5, 5.41) is 0. The van der Waals surface area contributed by atoms with Crippen molar-refractivity contribution in [2.45, 2.75) is 20.8 Å². The average Bonchev–Trinajstić information content (AvgIpc) is 1.88. The molecule has 6 heteroatoms. The molecule has 0 amide bonds. The number of hydrogen-bond acceptors (Lipinski definition) is 4. The molecule has 0 aliphatic rings. The van der Waals surface area contributed by atoms with Gasteiger partial charge in [0.2, 0.25) is 0 Å². The van der Waals surface area contributed by atoms with Crippen LogP contribution in [0.15, 0.2) is 0 Å². The van der Waals surface area contributed by atoms with Crippen molar-refractivity contribution in [2.24, 2.45) is 0 Å². The molecule has 0 spiro atoms. The first-order chi connectivity index (χ1) is 5.18. The van der Waals surface area contributed by atoms with Crippen LogP contribution in [-0.2, 0) is 13.3 Å². The van der Waals surface area contributed by atoms with E-state index in [2.05, 4.69) is 0 Å². The molecule has 0 bridgehead atoms. The summed E-state index contributed by atoms with van der Waals surface area (Å²) in [6.07, 6.45) is 0. The van der Waals surface area contributed by atoms with Gasteiger partial charge in [0.25, 0.3) is 0 Å². The molecule has 0 aromatic heterocycles. The first-order valence-electron chi connectivity index (χ1n) is 3.82. The molecule has 0 fully saturated rings. The summed E-state index contributed by atoms with van der Waals surface area (Å²) < 4.78 is 14.9. The third-order valence-corrected chi connectivity index (χ3v) is 2.94. The number of rotatable bonds is 6. The molecule has 1 N–H and O–H groups in total. The molecule has 0 saturated carbocycles. The summed E-state index contributed by atoms with van der Waals surface area (Å²) in [4.78, 5) is 9.48. The molecular formula is C6H17NaO4Si. The summed E-state index contributed by atoms with van der Waals surface area (Å²) in [5.41, 5.74) is 0. The molecular weight excluding hydrogens is 187 g/mol. The van der Waals surface area contributed by atoms with Crippen molar-refractivity contribution in [3.63, 3.8) is 0 Å². The standard InChI is InChI=1S/C6H16O4Si.Na.H/c1-4-8-11(7,9-5-2)10-6-3;;/h7H,4-6H2,1-3H3;;. The molecule has 0 aliphatic heterocycles. The van der Waals surface area contributed by atoms with Gasteiger partial charge in [0.05, 0.1) is 0 Å². The zero-order valence-electron chi connectivity index (χ0n) is 7.29. The van der Waals surface area contributed by atoms with Gasteiger partial charge in [-0.1, -0.05) is 0 Å². The predicted octanol–water partition coefficient (Wildman–Crippen LogP) is -0.125. The van der Waals surface area contributed by atoms with Crippen molar-refractivity contribution < 1.29 is 18.1 Å². The third-order valence-electron chi connectivity index (χ3n) is 0.980. The van der Waals surface area contributed by atoms with Gasteiger partial charge in [0.15, 0.2) is 0 Å². The monoisotopic (exact) mass is 204 g/mol. The Balaban J connectivity index is 0. The third kappa shape index (κ3) is 6.56. The maximum atomic E-state index is 9.48. The maximum absolute atomic E-state index is 9.48. The van der Waals surface area contributed by atoms with Crippen molar-refractivity contribution in [1.29, 1.82) is 0 Å². The van der Waals surface area contributed by atoms with Gasteiger partial charge in [-0.2, -0.15) is 0 Å². The van der Waals surface area contributed by atoms with Crippen LogP contribution in [0.4, 0.5) is 0 Å². The minimum absolute atomic E-state index is 0. The van der Waals surface area contributed by atoms with Crippen LogP contribution in [0.1, 0.15) is 20.8 Å². The van der Waals surface area contributed by atoms with E-state index in [0.29, 0.717) is 19.8 Å². The second kappa shape index (κ2) is 8.65. The van der Waals surface area contributed by atoms with Crippen LogP contribution in [0.2, 0.25) is 0 Å². The predicted molar refractivity (Wildman–Crippen MR) is 50.0 cm³/mol. The first kappa shape index (κ1) is 15.5. The summed E-state index contributed by atoms with van der Waals surface area (Å²) >= 11 is 0. The first-order valence-corrected chi connectivity index (χ1v) is 5.50. The molecule has 0 unspecified atom stereocenters. The topological polar surface area (TPSA) is 47.9 Å². The molecule has 12 heavy (non-hydrogen) atoms. The second-order valence-electron chi connectivity index (χ2n) is 1.82. The molecule has 0 rings (SSSR count). The Morgan fingerprint density at radius 2 is 1.17 bits per heavy atom. The van der Waals surface area contributed by atoms with E-state index in [1.807, 2.05) is 0 Å². The van der Waals surface area contributed by atoms with E-state index in [4.69, 9.17) is 13.3 Å². The molecule has 4 nitrogen and oxygen atoms in total. The summed E-state index contributed by atoms with van der Waals surface area (Å²) in [7, 11) is -3.25. The Bertz CT molecular complexity index is 86.5. The fourth-order valence-corrected chi connectivity index (χ4v) is 2.02. The number of hydrogen-bond donors (Lipinski definition) is 1. The average molecular weight is 204 g/mol. The van der Waals surface area contributed by atoms with Crippen LogP contribution in [0, 0.1) is 0 Å². The molecule has 0 saturated heterocycles. The zero-order valence-corrected chi connectivity index (χ0v) is 8.29. The Hall–Kier alpha value is 1.06. The Labute approximate surface area is 97.0 Å². The summed E-state index contributed by atoms with van der Waals surface area (Å²) in [5.74, 6) is 0. The van der Waals surface area contributed by atoms with Crippen LogP contribution < -0.4 is 0 Å². The Kier molecular flexibility index (Phi) is 11.2. The molecule has 0 aliphatic carbocycles. The van der Waals surface area contributed by atoms with Gasteiger partial charge in [0.1, 0.15) is 0 Å². The van der Waals surface area contributed by atoms with E-state index >= 15 is 0 Å². The van der Waals surface area contributed by atoms with Crippen LogP contribution in [0.3, 0.4) is 0 Å². The fourth-order valence-electron chi connectivity index (χ4n) is 0.672. The Morgan fingerprint density at radius 1 is 0.917 bits per heavy atom. The van der Waals surface area contributed by atoms with Crippen LogP contribution in [0.25, 0.3) is 0 Å². The van der Waals surface area contributed by atoms with Crippen molar-refractivity contribution >= 4 is 38.6 Å². The van der Waals surface area contributed by atoms with Crippen LogP contribution >= 0.6 is 0 Å². The molecule has 0 heterocycles. The SMILES string of the molecule is CCO[Si](O)(OCC)OCC.[NaH]. The van der Waals surface area contributed by atoms with Crippen molar-refractivity contribution in [1.82, 2.24) is 0 Å². The van der Waals surface area contributed by atoms with Crippen molar-refractivity contribution in [3.05, 3.63) is 0 Å². The van der Waals surface area contributed by atoms with Gasteiger partial charge in [-0.05, 0) is 20.8 Å². The van der Waals surface area contributed by atoms with Gasteiger partial charge in [0, 0.05) is 19.8 Å². The summed E-state index contributed by atoms with van der Waals surface area (Å²) in [6.45, 7) is 6.58. The van der Waals surface area contributed by atoms with Crippen LogP contribution in [0.5, 0.6) is 0 Å². The van der Waals surface area contributed by atoms with E-state index < -0.39 is 9.05 Å². The van der Waals surface area contributed by atoms with E-state index in [9.17, 15) is 4.80 Å². The fraction of sp³-hybridized carbons (Fsp3) is 1.00. The van der Waals surface area contributed by atoms with Crippen LogP contribution in [-0.4, -0.2) is 63.2 Å². The summed E-state index contributed by atoms with van der Waals surface area (Å²) in [6, 6.07) is 0. The van der Waals surface area contributed by atoms with Gasteiger partial charge < -0.3 is 18.1 Å². The zero-order chi connectivity index (χ0) is 8.74. The minimum atomic E-state index is -3.25. The van der Waals surface area contributed by atoms with Crippen molar-refractivity contribution in [3.8, 4) is 0 Å². The molecule has 0 aromatic rings. The van der Waals surface area contributed by atoms with Gasteiger partial charge >= 0.3 is 38.6 Å². The van der Waals surface area contributed by atoms with E-state index in [1.165, 1.54) is 0 Å². The second-order valence-corrected chi connectivity index (χ2v) is 3.74. The van der Waals surface area contributed by atoms with Gasteiger partial charge in [-0.25, -0.2) is 0 Å². The molecule has 0 atom stereocenters. The quantitative estimate of drug-likeness (QED) is 0.613. The Morgan fingerprint density at radius 3 is 1.33 bits per heavy atom. The van der Waals surface area contributed by atoms with Gasteiger partial charge in [-0.3, -0.25) is 0 Å². The van der Waals surface area contributed by atoms with Crippen molar-refractivity contribution in [2.75, 3.05) is 19.8 Å². The molecule has 70 valence electrons. The van der Waals surface area contributed by atoms with E-state index in [0.717, 1.165) is 0 Å². The van der Waals surface area contributed by atoms with E-state index in [-0.39, 0.29) is 29.6 Å². The molecule has 0 aromatic carbocycles.